The third kappa shape index (κ3) is 4.23. The molecule has 0 unspecified atom stereocenters. The van der Waals surface area contributed by atoms with E-state index in [1.165, 1.54) is 0 Å². The van der Waals surface area contributed by atoms with Crippen molar-refractivity contribution in [2.45, 2.75) is 32.5 Å². The summed E-state index contributed by atoms with van der Waals surface area (Å²) in [4.78, 5) is 19.4. The highest BCUT2D eigenvalue weighted by Crippen LogP contribution is 2.28. The molecule has 0 saturated carbocycles. The Labute approximate surface area is 185 Å². The van der Waals surface area contributed by atoms with Crippen molar-refractivity contribution >= 4 is 28.9 Å². The van der Waals surface area contributed by atoms with Crippen molar-refractivity contribution in [1.29, 1.82) is 5.41 Å². The summed E-state index contributed by atoms with van der Waals surface area (Å²) in [5.41, 5.74) is 2.92. The normalized spacial score (nSPS) is 26.3. The van der Waals surface area contributed by atoms with E-state index in [-0.39, 0.29) is 32.2 Å². The van der Waals surface area contributed by atoms with Crippen molar-refractivity contribution in [3.8, 4) is 5.75 Å². The van der Waals surface area contributed by atoms with E-state index in [4.69, 9.17) is 26.5 Å². The number of aliphatic hydroxyl groups excluding tert-OH is 1. The molecule has 3 aliphatic rings. The summed E-state index contributed by atoms with van der Waals surface area (Å²) in [6.45, 7) is 4.76. The Hall–Kier alpha value is -2.68. The van der Waals surface area contributed by atoms with Gasteiger partial charge in [-0.15, -0.1) is 0 Å². The van der Waals surface area contributed by atoms with Crippen LogP contribution in [0, 0.1) is 5.41 Å². The van der Waals surface area contributed by atoms with Crippen LogP contribution in [0.2, 0.25) is 0 Å². The Morgan fingerprint density at radius 3 is 2.87 bits per heavy atom. The second-order valence-electron chi connectivity index (χ2n) is 7.70. The van der Waals surface area contributed by atoms with E-state index in [0.29, 0.717) is 39.9 Å². The SMILES string of the molecule is CCC1=N/C(=C2\CN(C(=O)c3ccccc3O[C@H]3COC[C@@H]3O)CC2=N)NC(C)=C1Cl. The zero-order valence-corrected chi connectivity index (χ0v) is 18.2. The van der Waals surface area contributed by atoms with Gasteiger partial charge in [-0.3, -0.25) is 4.79 Å². The monoisotopic (exact) mass is 444 g/mol. The number of carbonyl (C=O) groups is 1. The van der Waals surface area contributed by atoms with Crippen LogP contribution >= 0.6 is 11.6 Å². The molecule has 0 aromatic heterocycles. The van der Waals surface area contributed by atoms with Crippen LogP contribution in [-0.2, 0) is 4.74 Å². The number of hydrogen-bond acceptors (Lipinski definition) is 7. The summed E-state index contributed by atoms with van der Waals surface area (Å²) in [6, 6.07) is 6.93. The maximum Gasteiger partial charge on any atom is 0.258 e. The van der Waals surface area contributed by atoms with Gasteiger partial charge in [0.05, 0.1) is 48.3 Å². The lowest BCUT2D eigenvalue weighted by molar-refractivity contribution is 0.0688. The number of likely N-dealkylation sites (tertiary alicyclic amines) is 1. The third-order valence-electron chi connectivity index (χ3n) is 5.50. The highest BCUT2D eigenvalue weighted by Gasteiger charge is 2.33. The van der Waals surface area contributed by atoms with E-state index in [0.717, 1.165) is 11.4 Å². The number of aliphatic hydroxyl groups is 1. The molecule has 1 aromatic rings. The van der Waals surface area contributed by atoms with Crippen molar-refractivity contribution < 1.29 is 19.4 Å². The molecule has 31 heavy (non-hydrogen) atoms. The molecule has 0 spiro atoms. The number of nitrogens with one attached hydrogen (secondary N) is 2. The van der Waals surface area contributed by atoms with Crippen LogP contribution in [0.4, 0.5) is 0 Å². The van der Waals surface area contributed by atoms with Gasteiger partial charge in [-0.1, -0.05) is 30.7 Å². The molecule has 9 heteroatoms. The second kappa shape index (κ2) is 8.82. The first-order valence-electron chi connectivity index (χ1n) is 10.2. The van der Waals surface area contributed by atoms with Gasteiger partial charge in [-0.25, -0.2) is 4.99 Å². The molecular weight excluding hydrogens is 420 g/mol. The molecule has 1 aromatic carbocycles. The number of rotatable bonds is 4. The molecule has 164 valence electrons. The Morgan fingerprint density at radius 2 is 2.16 bits per heavy atom. The van der Waals surface area contributed by atoms with Gasteiger partial charge in [0.15, 0.2) is 0 Å². The molecule has 0 bridgehead atoms. The fourth-order valence-electron chi connectivity index (χ4n) is 3.74. The minimum atomic E-state index is -0.731. The Balaban J connectivity index is 1.57. The molecular formula is C22H25ClN4O4. The average Bonchev–Trinajstić information content (AvgIpc) is 3.35. The summed E-state index contributed by atoms with van der Waals surface area (Å²) in [7, 11) is 0. The number of ether oxygens (including phenoxy) is 2. The summed E-state index contributed by atoms with van der Waals surface area (Å²) in [5.74, 6) is 0.710. The fraction of sp³-hybridized carbons (Fsp3) is 0.409. The summed E-state index contributed by atoms with van der Waals surface area (Å²) in [5, 5.41) is 22.2. The number of para-hydroxylation sites is 1. The van der Waals surface area contributed by atoms with Crippen molar-refractivity contribution in [3.05, 3.63) is 52.0 Å². The Kier molecular flexibility index (Phi) is 6.13. The Morgan fingerprint density at radius 1 is 1.39 bits per heavy atom. The van der Waals surface area contributed by atoms with Crippen LogP contribution in [0.15, 0.2) is 51.4 Å². The molecule has 0 radical (unpaired) electrons. The third-order valence-corrected chi connectivity index (χ3v) is 6.00. The smallest absolute Gasteiger partial charge is 0.258 e. The predicted octanol–water partition coefficient (Wildman–Crippen LogP) is 2.44. The fourth-order valence-corrected chi connectivity index (χ4v) is 3.97. The molecule has 3 N–H and O–H groups in total. The Bertz CT molecular complexity index is 1020. The minimum Gasteiger partial charge on any atom is -0.484 e. The standard InChI is InChI=1S/C22H25ClN4O4/c1-3-16-20(23)12(2)25-21(26-16)14-8-27(9-15(14)24)22(29)13-6-4-5-7-18(13)31-19-11-30-10-17(19)28/h4-7,17,19,24-25,28H,3,8-11H2,1-2H3/b21-14+,24-15?/t17-,19-/m0/s1. The van der Waals surface area contributed by atoms with E-state index in [1.54, 1.807) is 29.2 Å². The van der Waals surface area contributed by atoms with Crippen LogP contribution in [0.1, 0.15) is 30.6 Å². The van der Waals surface area contributed by atoms with Crippen LogP contribution in [0.5, 0.6) is 5.75 Å². The van der Waals surface area contributed by atoms with E-state index in [2.05, 4.69) is 10.3 Å². The summed E-state index contributed by atoms with van der Waals surface area (Å²) < 4.78 is 11.1. The van der Waals surface area contributed by atoms with E-state index in [1.807, 2.05) is 13.8 Å². The van der Waals surface area contributed by atoms with Gasteiger partial charge < -0.3 is 30.2 Å². The average molecular weight is 445 g/mol. The van der Waals surface area contributed by atoms with E-state index >= 15 is 0 Å². The second-order valence-corrected chi connectivity index (χ2v) is 8.08. The highest BCUT2D eigenvalue weighted by atomic mass is 35.5. The number of nitrogens with zero attached hydrogens (tertiary/aromatic N) is 2. The van der Waals surface area contributed by atoms with Gasteiger partial charge in [0.25, 0.3) is 5.91 Å². The van der Waals surface area contributed by atoms with Crippen molar-refractivity contribution in [1.82, 2.24) is 10.2 Å². The van der Waals surface area contributed by atoms with Crippen molar-refractivity contribution in [2.24, 2.45) is 4.99 Å². The van der Waals surface area contributed by atoms with Crippen LogP contribution in [0.3, 0.4) is 0 Å². The molecule has 4 rings (SSSR count). The molecule has 1 amide bonds. The zero-order valence-electron chi connectivity index (χ0n) is 17.4. The van der Waals surface area contributed by atoms with Gasteiger partial charge in [0, 0.05) is 11.3 Å². The number of aliphatic imine (C=N–C) groups is 1. The summed E-state index contributed by atoms with van der Waals surface area (Å²) >= 11 is 6.30. The topological polar surface area (TPSA) is 107 Å². The van der Waals surface area contributed by atoms with E-state index in [9.17, 15) is 9.90 Å². The number of carbonyl (C=O) groups excluding carboxylic acids is 1. The van der Waals surface area contributed by atoms with Gasteiger partial charge in [-0.2, -0.15) is 0 Å². The van der Waals surface area contributed by atoms with Crippen LogP contribution in [0.25, 0.3) is 0 Å². The lowest BCUT2D eigenvalue weighted by Crippen LogP contribution is -2.32. The predicted molar refractivity (Wildman–Crippen MR) is 118 cm³/mol. The van der Waals surface area contributed by atoms with Crippen molar-refractivity contribution in [2.75, 3.05) is 26.3 Å². The molecule has 2 fully saturated rings. The number of halogens is 1. The first kappa shape index (κ1) is 21.5. The highest BCUT2D eigenvalue weighted by molar-refractivity contribution is 6.44. The van der Waals surface area contributed by atoms with Gasteiger partial charge >= 0.3 is 0 Å². The minimum absolute atomic E-state index is 0.177. The lowest BCUT2D eigenvalue weighted by Gasteiger charge is -2.21. The number of allylic oxidation sites excluding steroid dienone is 2. The first-order chi connectivity index (χ1) is 14.9. The van der Waals surface area contributed by atoms with Crippen molar-refractivity contribution in [3.63, 3.8) is 0 Å². The van der Waals surface area contributed by atoms with Gasteiger partial charge in [0.1, 0.15) is 23.8 Å². The van der Waals surface area contributed by atoms with E-state index < -0.39 is 12.2 Å². The largest absolute Gasteiger partial charge is 0.484 e. The number of benzene rings is 1. The maximum atomic E-state index is 13.3. The van der Waals surface area contributed by atoms with Gasteiger partial charge in [0.2, 0.25) is 0 Å². The number of amides is 1. The van der Waals surface area contributed by atoms with Crippen LogP contribution in [-0.4, -0.2) is 65.8 Å². The molecule has 8 nitrogen and oxygen atoms in total. The van der Waals surface area contributed by atoms with Crippen LogP contribution < -0.4 is 10.1 Å². The first-order valence-corrected chi connectivity index (χ1v) is 10.6. The lowest BCUT2D eigenvalue weighted by atomic mass is 10.1. The molecule has 3 aliphatic heterocycles. The molecule has 3 heterocycles. The molecule has 0 aliphatic carbocycles. The maximum absolute atomic E-state index is 13.3. The molecule has 2 saturated heterocycles. The van der Waals surface area contributed by atoms with Gasteiger partial charge in [-0.05, 0) is 25.5 Å². The molecule has 2 atom stereocenters. The zero-order chi connectivity index (χ0) is 22.1. The summed E-state index contributed by atoms with van der Waals surface area (Å²) in [6.07, 6.45) is -0.576. The quantitative estimate of drug-likeness (QED) is 0.661. The number of hydrogen-bond donors (Lipinski definition) is 3.